The van der Waals surface area contributed by atoms with Crippen LogP contribution >= 0.6 is 11.6 Å². The summed E-state index contributed by atoms with van der Waals surface area (Å²) < 4.78 is 5.24. The quantitative estimate of drug-likeness (QED) is 0.898. The van der Waals surface area contributed by atoms with Gasteiger partial charge in [-0.3, -0.25) is 4.79 Å². The lowest BCUT2D eigenvalue weighted by Gasteiger charge is -2.22. The van der Waals surface area contributed by atoms with E-state index < -0.39 is 0 Å². The molecule has 2 rings (SSSR count). The molecule has 2 aromatic rings. The van der Waals surface area contributed by atoms with Crippen molar-refractivity contribution in [1.82, 2.24) is 0 Å². The fourth-order valence-corrected chi connectivity index (χ4v) is 2.59. The number of likely N-dealkylation sites (N-methyl/N-ethyl adjacent to an activating group) is 1. The maximum atomic E-state index is 12.3. The zero-order chi connectivity index (χ0) is 17.0. The van der Waals surface area contributed by atoms with Crippen molar-refractivity contribution in [3.63, 3.8) is 0 Å². The fourth-order valence-electron chi connectivity index (χ4n) is 2.42. The molecule has 0 aliphatic heterocycles. The Balaban J connectivity index is 2.10. The van der Waals surface area contributed by atoms with Crippen molar-refractivity contribution in [2.75, 3.05) is 30.9 Å². The molecule has 0 atom stereocenters. The first-order valence-corrected chi connectivity index (χ1v) is 7.71. The summed E-state index contributed by atoms with van der Waals surface area (Å²) in [6, 6.07) is 11.2. The predicted molar refractivity (Wildman–Crippen MR) is 95.8 cm³/mol. The van der Waals surface area contributed by atoms with E-state index in [4.69, 9.17) is 16.3 Å². The first kappa shape index (κ1) is 17.2. The largest absolute Gasteiger partial charge is 0.495 e. The molecule has 0 spiro atoms. The second-order valence-electron chi connectivity index (χ2n) is 5.47. The second kappa shape index (κ2) is 7.38. The van der Waals surface area contributed by atoms with Crippen LogP contribution in [-0.4, -0.2) is 26.6 Å². The van der Waals surface area contributed by atoms with Crippen molar-refractivity contribution in [3.05, 3.63) is 52.5 Å². The summed E-state index contributed by atoms with van der Waals surface area (Å²) in [5, 5.41) is 3.39. The number of nitrogens with one attached hydrogen (secondary N) is 1. The molecule has 0 radical (unpaired) electrons. The molecule has 2 aromatic carbocycles. The third-order valence-electron chi connectivity index (χ3n) is 3.80. The summed E-state index contributed by atoms with van der Waals surface area (Å²) in [4.78, 5) is 14.2. The zero-order valence-corrected chi connectivity index (χ0v) is 14.6. The SMILES string of the molecule is COc1ccc(Cl)cc1NC(=O)CN(C)c1cccc(C)c1C. The Labute approximate surface area is 142 Å². The van der Waals surface area contributed by atoms with Crippen molar-refractivity contribution < 1.29 is 9.53 Å². The van der Waals surface area contributed by atoms with E-state index in [-0.39, 0.29) is 12.5 Å². The van der Waals surface area contributed by atoms with Crippen molar-refractivity contribution in [1.29, 1.82) is 0 Å². The molecule has 23 heavy (non-hydrogen) atoms. The number of halogens is 1. The Morgan fingerprint density at radius 3 is 2.70 bits per heavy atom. The highest BCUT2D eigenvalue weighted by Gasteiger charge is 2.13. The summed E-state index contributed by atoms with van der Waals surface area (Å²) >= 11 is 5.98. The van der Waals surface area contributed by atoms with Crippen LogP contribution in [0, 0.1) is 13.8 Å². The van der Waals surface area contributed by atoms with E-state index in [9.17, 15) is 4.79 Å². The van der Waals surface area contributed by atoms with Crippen LogP contribution in [0.2, 0.25) is 5.02 Å². The first-order chi connectivity index (χ1) is 10.9. The Hall–Kier alpha value is -2.20. The van der Waals surface area contributed by atoms with E-state index in [1.807, 2.05) is 24.1 Å². The van der Waals surface area contributed by atoms with E-state index in [0.29, 0.717) is 16.5 Å². The Kier molecular flexibility index (Phi) is 5.50. The van der Waals surface area contributed by atoms with Gasteiger partial charge in [0.25, 0.3) is 0 Å². The number of hydrogen-bond acceptors (Lipinski definition) is 3. The minimum atomic E-state index is -0.131. The molecule has 0 saturated heterocycles. The monoisotopic (exact) mass is 332 g/mol. The molecule has 0 fully saturated rings. The molecular weight excluding hydrogens is 312 g/mol. The molecule has 5 heteroatoms. The van der Waals surface area contributed by atoms with Gasteiger partial charge in [0.15, 0.2) is 0 Å². The summed E-state index contributed by atoms with van der Waals surface area (Å²) in [7, 11) is 3.46. The summed E-state index contributed by atoms with van der Waals surface area (Å²) in [6.45, 7) is 4.35. The minimum Gasteiger partial charge on any atom is -0.495 e. The van der Waals surface area contributed by atoms with Gasteiger partial charge in [-0.15, -0.1) is 0 Å². The molecule has 0 unspecified atom stereocenters. The second-order valence-corrected chi connectivity index (χ2v) is 5.90. The standard InChI is InChI=1S/C18H21ClN2O2/c1-12-6-5-7-16(13(12)2)21(3)11-18(22)20-15-10-14(19)8-9-17(15)23-4/h5-10H,11H2,1-4H3,(H,20,22). The lowest BCUT2D eigenvalue weighted by Crippen LogP contribution is -2.30. The fraction of sp³-hybridized carbons (Fsp3) is 0.278. The van der Waals surface area contributed by atoms with Crippen LogP contribution < -0.4 is 15.0 Å². The Bertz CT molecular complexity index is 716. The van der Waals surface area contributed by atoms with Gasteiger partial charge >= 0.3 is 0 Å². The van der Waals surface area contributed by atoms with Crippen molar-refractivity contribution in [3.8, 4) is 5.75 Å². The number of carbonyl (C=O) groups excluding carboxylic acids is 1. The molecule has 0 aliphatic carbocycles. The number of benzene rings is 2. The Morgan fingerprint density at radius 2 is 2.00 bits per heavy atom. The molecule has 0 aromatic heterocycles. The van der Waals surface area contributed by atoms with Crippen molar-refractivity contribution in [2.45, 2.75) is 13.8 Å². The highest BCUT2D eigenvalue weighted by Crippen LogP contribution is 2.28. The molecule has 1 amide bonds. The number of hydrogen-bond donors (Lipinski definition) is 1. The van der Waals surface area contributed by atoms with Gasteiger partial charge in [0.05, 0.1) is 19.3 Å². The van der Waals surface area contributed by atoms with E-state index in [1.54, 1.807) is 25.3 Å². The number of anilines is 2. The molecule has 122 valence electrons. The number of aryl methyl sites for hydroxylation is 1. The lowest BCUT2D eigenvalue weighted by molar-refractivity contribution is -0.114. The molecule has 0 heterocycles. The number of ether oxygens (including phenoxy) is 1. The van der Waals surface area contributed by atoms with E-state index in [0.717, 1.165) is 5.69 Å². The van der Waals surface area contributed by atoms with Crippen molar-refractivity contribution >= 4 is 28.9 Å². The zero-order valence-electron chi connectivity index (χ0n) is 13.8. The van der Waals surface area contributed by atoms with Crippen LogP contribution in [0.1, 0.15) is 11.1 Å². The van der Waals surface area contributed by atoms with E-state index in [2.05, 4.69) is 25.2 Å². The van der Waals surface area contributed by atoms with Gasteiger partial charge in [0.2, 0.25) is 5.91 Å². The summed E-state index contributed by atoms with van der Waals surface area (Å²) in [5.74, 6) is 0.450. The van der Waals surface area contributed by atoms with Crippen LogP contribution in [-0.2, 0) is 4.79 Å². The molecule has 0 saturated carbocycles. The number of amides is 1. The molecule has 4 nitrogen and oxygen atoms in total. The average Bonchev–Trinajstić information content (AvgIpc) is 2.50. The van der Waals surface area contributed by atoms with Gasteiger partial charge in [-0.2, -0.15) is 0 Å². The average molecular weight is 333 g/mol. The van der Waals surface area contributed by atoms with Gasteiger partial charge in [-0.25, -0.2) is 0 Å². The lowest BCUT2D eigenvalue weighted by atomic mass is 10.1. The van der Waals surface area contributed by atoms with Crippen LogP contribution in [0.3, 0.4) is 0 Å². The van der Waals surface area contributed by atoms with E-state index >= 15 is 0 Å². The van der Waals surface area contributed by atoms with E-state index in [1.165, 1.54) is 11.1 Å². The van der Waals surface area contributed by atoms with Crippen LogP contribution in [0.5, 0.6) is 5.75 Å². The molecular formula is C18H21ClN2O2. The molecule has 1 N–H and O–H groups in total. The third kappa shape index (κ3) is 4.17. The van der Waals surface area contributed by atoms with Gasteiger partial charge in [0.1, 0.15) is 5.75 Å². The molecule has 0 bridgehead atoms. The third-order valence-corrected chi connectivity index (χ3v) is 4.04. The normalized spacial score (nSPS) is 10.3. The number of nitrogens with zero attached hydrogens (tertiary/aromatic N) is 1. The van der Waals surface area contributed by atoms with Gasteiger partial charge < -0.3 is 15.0 Å². The van der Waals surface area contributed by atoms with Crippen molar-refractivity contribution in [2.24, 2.45) is 0 Å². The van der Waals surface area contributed by atoms with Crippen LogP contribution in [0.15, 0.2) is 36.4 Å². The maximum absolute atomic E-state index is 12.3. The topological polar surface area (TPSA) is 41.6 Å². The summed E-state index contributed by atoms with van der Waals surface area (Å²) in [5.41, 5.74) is 3.98. The van der Waals surface area contributed by atoms with Gasteiger partial charge in [-0.1, -0.05) is 23.7 Å². The number of rotatable bonds is 5. The predicted octanol–water partition coefficient (Wildman–Crippen LogP) is 4.04. The highest BCUT2D eigenvalue weighted by atomic mass is 35.5. The maximum Gasteiger partial charge on any atom is 0.243 e. The highest BCUT2D eigenvalue weighted by molar-refractivity contribution is 6.31. The first-order valence-electron chi connectivity index (χ1n) is 7.33. The number of methoxy groups -OCH3 is 1. The molecule has 0 aliphatic rings. The van der Waals surface area contributed by atoms with Crippen LogP contribution in [0.4, 0.5) is 11.4 Å². The van der Waals surface area contributed by atoms with Crippen LogP contribution in [0.25, 0.3) is 0 Å². The smallest absolute Gasteiger partial charge is 0.243 e. The van der Waals surface area contributed by atoms with Gasteiger partial charge in [-0.05, 0) is 49.2 Å². The van der Waals surface area contributed by atoms with Gasteiger partial charge in [0, 0.05) is 17.8 Å². The minimum absolute atomic E-state index is 0.131. The summed E-state index contributed by atoms with van der Waals surface area (Å²) in [6.07, 6.45) is 0. The number of carbonyl (C=O) groups is 1. The Morgan fingerprint density at radius 1 is 1.26 bits per heavy atom.